The van der Waals surface area contributed by atoms with Crippen molar-refractivity contribution in [3.63, 3.8) is 0 Å². The lowest BCUT2D eigenvalue weighted by molar-refractivity contribution is 0.0277. The highest BCUT2D eigenvalue weighted by molar-refractivity contribution is 14.0. The molecule has 2 aliphatic rings. The summed E-state index contributed by atoms with van der Waals surface area (Å²) in [5, 5.41) is 6.89. The average Bonchev–Trinajstić information content (AvgIpc) is 2.69. The number of rotatable bonds is 10. The standard InChI is InChI=1S/C22H45N5O.HI/c1-5-23-22(24-12-9-17-28-20-10-7-6-8-11-20)25-18-21(19(2)3)27-15-13-26(4)14-16-27;/h19-21H,5-18H2,1-4H3,(H2,23,24,25);1H. The fourth-order valence-electron chi connectivity index (χ4n) is 4.19. The van der Waals surface area contributed by atoms with E-state index in [1.54, 1.807) is 0 Å². The van der Waals surface area contributed by atoms with E-state index in [9.17, 15) is 0 Å². The van der Waals surface area contributed by atoms with Crippen LogP contribution in [0.5, 0.6) is 0 Å². The van der Waals surface area contributed by atoms with Crippen molar-refractivity contribution in [1.29, 1.82) is 0 Å². The molecule has 6 nitrogen and oxygen atoms in total. The summed E-state index contributed by atoms with van der Waals surface area (Å²) in [6.45, 7) is 14.9. The summed E-state index contributed by atoms with van der Waals surface area (Å²) < 4.78 is 6.03. The first-order valence-corrected chi connectivity index (χ1v) is 11.7. The van der Waals surface area contributed by atoms with Gasteiger partial charge in [0.1, 0.15) is 0 Å². The minimum Gasteiger partial charge on any atom is -0.378 e. The van der Waals surface area contributed by atoms with Crippen molar-refractivity contribution >= 4 is 29.9 Å². The van der Waals surface area contributed by atoms with Gasteiger partial charge < -0.3 is 20.3 Å². The van der Waals surface area contributed by atoms with Crippen molar-refractivity contribution < 1.29 is 4.74 Å². The molecule has 2 N–H and O–H groups in total. The summed E-state index contributed by atoms with van der Waals surface area (Å²) in [5.74, 6) is 1.55. The molecule has 1 saturated heterocycles. The van der Waals surface area contributed by atoms with Gasteiger partial charge in [0.2, 0.25) is 0 Å². The SMILES string of the molecule is CCNC(=NCC(C(C)C)N1CCN(C)CC1)NCCCOC1CCCCC1.I. The largest absolute Gasteiger partial charge is 0.378 e. The monoisotopic (exact) mass is 523 g/mol. The van der Waals surface area contributed by atoms with Crippen LogP contribution in [0, 0.1) is 5.92 Å². The second kappa shape index (κ2) is 15.6. The molecule has 172 valence electrons. The Hall–Kier alpha value is -0.120. The fraction of sp³-hybridized carbons (Fsp3) is 0.955. The molecule has 1 saturated carbocycles. The van der Waals surface area contributed by atoms with Crippen LogP contribution in [-0.4, -0.2) is 87.4 Å². The number of hydrogen-bond donors (Lipinski definition) is 2. The van der Waals surface area contributed by atoms with E-state index in [0.29, 0.717) is 18.1 Å². The average molecular weight is 524 g/mol. The zero-order valence-electron chi connectivity index (χ0n) is 19.3. The van der Waals surface area contributed by atoms with E-state index in [2.05, 4.69) is 48.3 Å². The van der Waals surface area contributed by atoms with Crippen LogP contribution in [0.1, 0.15) is 59.3 Å². The van der Waals surface area contributed by atoms with Crippen LogP contribution in [0.25, 0.3) is 0 Å². The van der Waals surface area contributed by atoms with Crippen LogP contribution in [0.3, 0.4) is 0 Å². The summed E-state index contributed by atoms with van der Waals surface area (Å²) in [5.41, 5.74) is 0. The normalized spacial score (nSPS) is 21.1. The number of ether oxygens (including phenoxy) is 1. The molecule has 0 amide bonds. The molecule has 0 aromatic carbocycles. The Bertz CT molecular complexity index is 435. The topological polar surface area (TPSA) is 52.1 Å². The van der Waals surface area contributed by atoms with Crippen molar-refractivity contribution in [1.82, 2.24) is 20.4 Å². The number of nitrogens with one attached hydrogen (secondary N) is 2. The third kappa shape index (κ3) is 10.6. The van der Waals surface area contributed by atoms with Crippen LogP contribution in [-0.2, 0) is 4.74 Å². The molecule has 2 fully saturated rings. The highest BCUT2D eigenvalue weighted by atomic mass is 127. The lowest BCUT2D eigenvalue weighted by Crippen LogP contribution is -2.52. The van der Waals surface area contributed by atoms with Crippen molar-refractivity contribution in [3.05, 3.63) is 0 Å². The Morgan fingerprint density at radius 2 is 1.76 bits per heavy atom. The third-order valence-corrected chi connectivity index (χ3v) is 6.08. The Kier molecular flexibility index (Phi) is 14.5. The minimum absolute atomic E-state index is 0. The summed E-state index contributed by atoms with van der Waals surface area (Å²) in [4.78, 5) is 9.95. The molecule has 1 heterocycles. The molecular formula is C22H46IN5O. The maximum Gasteiger partial charge on any atom is 0.191 e. The van der Waals surface area contributed by atoms with Gasteiger partial charge in [-0.25, -0.2) is 0 Å². The number of aliphatic imine (C=N–C) groups is 1. The highest BCUT2D eigenvalue weighted by Gasteiger charge is 2.24. The minimum atomic E-state index is 0. The molecule has 1 atom stereocenters. The summed E-state index contributed by atoms with van der Waals surface area (Å²) in [6, 6.07) is 0.513. The number of likely N-dealkylation sites (N-methyl/N-ethyl adjacent to an activating group) is 1. The molecule has 0 aromatic heterocycles. The van der Waals surface area contributed by atoms with E-state index < -0.39 is 0 Å². The summed E-state index contributed by atoms with van der Waals surface area (Å²) >= 11 is 0. The Morgan fingerprint density at radius 3 is 2.38 bits per heavy atom. The van der Waals surface area contributed by atoms with E-state index in [0.717, 1.165) is 64.8 Å². The number of guanidine groups is 1. The van der Waals surface area contributed by atoms with E-state index in [4.69, 9.17) is 9.73 Å². The molecule has 1 aliphatic carbocycles. The van der Waals surface area contributed by atoms with Crippen LogP contribution in [0.4, 0.5) is 0 Å². The molecular weight excluding hydrogens is 477 g/mol. The Morgan fingerprint density at radius 1 is 1.07 bits per heavy atom. The second-order valence-electron chi connectivity index (χ2n) is 8.78. The lowest BCUT2D eigenvalue weighted by Gasteiger charge is -2.39. The number of hydrogen-bond acceptors (Lipinski definition) is 4. The van der Waals surface area contributed by atoms with Crippen molar-refractivity contribution in [2.75, 3.05) is 59.5 Å². The Labute approximate surface area is 196 Å². The van der Waals surface area contributed by atoms with Gasteiger partial charge in [-0.1, -0.05) is 33.1 Å². The molecule has 0 spiro atoms. The van der Waals surface area contributed by atoms with Gasteiger partial charge in [0.25, 0.3) is 0 Å². The molecule has 7 heteroatoms. The molecule has 1 aliphatic heterocycles. The van der Waals surface area contributed by atoms with Gasteiger partial charge in [0, 0.05) is 51.9 Å². The quantitative estimate of drug-likeness (QED) is 0.200. The number of nitrogens with zero attached hydrogens (tertiary/aromatic N) is 3. The van der Waals surface area contributed by atoms with Gasteiger partial charge in [-0.2, -0.15) is 0 Å². The van der Waals surface area contributed by atoms with Gasteiger partial charge in [-0.15, -0.1) is 24.0 Å². The summed E-state index contributed by atoms with van der Waals surface area (Å²) in [7, 11) is 2.21. The predicted molar refractivity (Wildman–Crippen MR) is 135 cm³/mol. The van der Waals surface area contributed by atoms with Crippen LogP contribution in [0.15, 0.2) is 4.99 Å². The maximum atomic E-state index is 6.03. The van der Waals surface area contributed by atoms with E-state index in [-0.39, 0.29) is 24.0 Å². The molecule has 0 radical (unpaired) electrons. The number of piperazine rings is 1. The van der Waals surface area contributed by atoms with Crippen molar-refractivity contribution in [2.24, 2.45) is 10.9 Å². The van der Waals surface area contributed by atoms with E-state index >= 15 is 0 Å². The predicted octanol–water partition coefficient (Wildman–Crippen LogP) is 3.17. The van der Waals surface area contributed by atoms with Gasteiger partial charge in [-0.3, -0.25) is 9.89 Å². The molecule has 1 unspecified atom stereocenters. The first-order valence-electron chi connectivity index (χ1n) is 11.7. The highest BCUT2D eigenvalue weighted by Crippen LogP contribution is 2.20. The van der Waals surface area contributed by atoms with Crippen molar-refractivity contribution in [2.45, 2.75) is 71.4 Å². The maximum absolute atomic E-state index is 6.03. The molecule has 0 aromatic rings. The van der Waals surface area contributed by atoms with Crippen LogP contribution in [0.2, 0.25) is 0 Å². The second-order valence-corrected chi connectivity index (χ2v) is 8.78. The Balaban J connectivity index is 0.00000420. The zero-order valence-corrected chi connectivity index (χ0v) is 21.6. The molecule has 29 heavy (non-hydrogen) atoms. The van der Waals surface area contributed by atoms with Gasteiger partial charge in [-0.05, 0) is 39.2 Å². The fourth-order valence-corrected chi connectivity index (χ4v) is 4.19. The first kappa shape index (κ1) is 26.9. The zero-order chi connectivity index (χ0) is 20.2. The van der Waals surface area contributed by atoms with Crippen LogP contribution < -0.4 is 10.6 Å². The van der Waals surface area contributed by atoms with Crippen molar-refractivity contribution in [3.8, 4) is 0 Å². The van der Waals surface area contributed by atoms with E-state index in [1.807, 2.05) is 0 Å². The smallest absolute Gasteiger partial charge is 0.191 e. The van der Waals surface area contributed by atoms with E-state index in [1.165, 1.54) is 32.1 Å². The lowest BCUT2D eigenvalue weighted by atomic mass is 9.98. The first-order chi connectivity index (χ1) is 13.6. The molecule has 0 bridgehead atoms. The van der Waals surface area contributed by atoms with Crippen LogP contribution >= 0.6 is 24.0 Å². The van der Waals surface area contributed by atoms with Gasteiger partial charge in [0.05, 0.1) is 12.6 Å². The summed E-state index contributed by atoms with van der Waals surface area (Å²) in [6.07, 6.45) is 8.10. The van der Waals surface area contributed by atoms with Gasteiger partial charge in [0.15, 0.2) is 5.96 Å². The third-order valence-electron chi connectivity index (χ3n) is 6.08. The molecule has 2 rings (SSSR count). The number of halogens is 1. The van der Waals surface area contributed by atoms with Gasteiger partial charge >= 0.3 is 0 Å².